The highest BCUT2D eigenvalue weighted by atomic mass is 16.5. The van der Waals surface area contributed by atoms with E-state index in [1.165, 1.54) is 6.08 Å². The van der Waals surface area contributed by atoms with E-state index < -0.39 is 0 Å². The van der Waals surface area contributed by atoms with Crippen LogP contribution in [0, 0.1) is 0 Å². The SMILES string of the molecule is COc1ccccc1NC(=O)/C=C/c1ccc(OC)c(OC)c1. The largest absolute Gasteiger partial charge is 0.495 e. The topological polar surface area (TPSA) is 56.8 Å². The molecule has 0 aliphatic heterocycles. The zero-order chi connectivity index (χ0) is 16.7. The van der Waals surface area contributed by atoms with Crippen LogP contribution in [0.5, 0.6) is 17.2 Å². The van der Waals surface area contributed by atoms with E-state index in [1.807, 2.05) is 18.2 Å². The van der Waals surface area contributed by atoms with Gasteiger partial charge in [0.25, 0.3) is 0 Å². The molecule has 0 saturated heterocycles. The highest BCUT2D eigenvalue weighted by Gasteiger charge is 2.05. The van der Waals surface area contributed by atoms with E-state index in [4.69, 9.17) is 14.2 Å². The van der Waals surface area contributed by atoms with Crippen molar-refractivity contribution < 1.29 is 19.0 Å². The molecule has 1 N–H and O–H groups in total. The van der Waals surface area contributed by atoms with Gasteiger partial charge in [-0.05, 0) is 35.9 Å². The van der Waals surface area contributed by atoms with Gasteiger partial charge < -0.3 is 19.5 Å². The van der Waals surface area contributed by atoms with Crippen LogP contribution in [-0.4, -0.2) is 27.2 Å². The second kappa shape index (κ2) is 7.89. The van der Waals surface area contributed by atoms with Crippen molar-refractivity contribution in [2.75, 3.05) is 26.6 Å². The molecule has 0 fully saturated rings. The predicted molar refractivity (Wildman–Crippen MR) is 90.2 cm³/mol. The molecule has 0 atom stereocenters. The van der Waals surface area contributed by atoms with E-state index in [9.17, 15) is 4.79 Å². The smallest absolute Gasteiger partial charge is 0.248 e. The fourth-order valence-electron chi connectivity index (χ4n) is 2.05. The minimum atomic E-state index is -0.246. The maximum atomic E-state index is 12.0. The van der Waals surface area contributed by atoms with Crippen LogP contribution in [0.4, 0.5) is 5.69 Å². The van der Waals surface area contributed by atoms with E-state index in [1.54, 1.807) is 51.7 Å². The molecule has 0 radical (unpaired) electrons. The number of carbonyl (C=O) groups excluding carboxylic acids is 1. The number of para-hydroxylation sites is 2. The average Bonchev–Trinajstić information content (AvgIpc) is 2.60. The number of amides is 1. The van der Waals surface area contributed by atoms with Gasteiger partial charge in [-0.25, -0.2) is 0 Å². The summed E-state index contributed by atoms with van der Waals surface area (Å²) in [6, 6.07) is 12.7. The van der Waals surface area contributed by atoms with E-state index in [0.717, 1.165) is 5.56 Å². The van der Waals surface area contributed by atoms with Crippen molar-refractivity contribution in [3.63, 3.8) is 0 Å². The molecule has 2 aromatic carbocycles. The summed E-state index contributed by atoms with van der Waals surface area (Å²) < 4.78 is 15.6. The van der Waals surface area contributed by atoms with Gasteiger partial charge in [-0.2, -0.15) is 0 Å². The minimum absolute atomic E-state index is 0.246. The normalized spacial score (nSPS) is 10.4. The van der Waals surface area contributed by atoms with Crippen LogP contribution < -0.4 is 19.5 Å². The Kier molecular flexibility index (Phi) is 5.63. The number of nitrogens with one attached hydrogen (secondary N) is 1. The number of ether oxygens (including phenoxy) is 3. The highest BCUT2D eigenvalue weighted by Crippen LogP contribution is 2.28. The Morgan fingerprint density at radius 2 is 1.61 bits per heavy atom. The summed E-state index contributed by atoms with van der Waals surface area (Å²) in [5, 5.41) is 2.78. The zero-order valence-corrected chi connectivity index (χ0v) is 13.3. The summed E-state index contributed by atoms with van der Waals surface area (Å²) in [6.45, 7) is 0. The standard InChI is InChI=1S/C18H19NO4/c1-21-15-7-5-4-6-14(15)19-18(20)11-9-13-8-10-16(22-2)17(12-13)23-3/h4-12H,1-3H3,(H,19,20)/b11-9+. The first kappa shape index (κ1) is 16.4. The number of benzene rings is 2. The van der Waals surface area contributed by atoms with Crippen LogP contribution in [-0.2, 0) is 4.79 Å². The summed E-state index contributed by atoms with van der Waals surface area (Å²) in [6.07, 6.45) is 3.15. The summed E-state index contributed by atoms with van der Waals surface area (Å²) in [7, 11) is 4.71. The Morgan fingerprint density at radius 1 is 0.913 bits per heavy atom. The summed E-state index contributed by atoms with van der Waals surface area (Å²) >= 11 is 0. The first-order valence-corrected chi connectivity index (χ1v) is 7.02. The van der Waals surface area contributed by atoms with E-state index in [-0.39, 0.29) is 5.91 Å². The number of hydrogen-bond donors (Lipinski definition) is 1. The molecule has 0 aliphatic rings. The predicted octanol–water partition coefficient (Wildman–Crippen LogP) is 3.36. The van der Waals surface area contributed by atoms with Gasteiger partial charge in [0.2, 0.25) is 5.91 Å². The molecule has 5 heteroatoms. The number of carbonyl (C=O) groups is 1. The fraction of sp³-hybridized carbons (Fsp3) is 0.167. The van der Waals surface area contributed by atoms with Gasteiger partial charge in [0.05, 0.1) is 27.0 Å². The maximum absolute atomic E-state index is 12.0. The number of hydrogen-bond acceptors (Lipinski definition) is 4. The minimum Gasteiger partial charge on any atom is -0.495 e. The van der Waals surface area contributed by atoms with Gasteiger partial charge in [0.1, 0.15) is 5.75 Å². The lowest BCUT2D eigenvalue weighted by atomic mass is 10.2. The van der Waals surface area contributed by atoms with Crippen molar-refractivity contribution in [1.29, 1.82) is 0 Å². The van der Waals surface area contributed by atoms with Crippen LogP contribution in [0.3, 0.4) is 0 Å². The molecule has 5 nitrogen and oxygen atoms in total. The molecule has 0 saturated carbocycles. The Labute approximate surface area is 135 Å². The Hall–Kier alpha value is -2.95. The monoisotopic (exact) mass is 313 g/mol. The number of rotatable bonds is 6. The number of anilines is 1. The summed E-state index contributed by atoms with van der Waals surface area (Å²) in [5.41, 5.74) is 1.45. The van der Waals surface area contributed by atoms with Crippen LogP contribution in [0.15, 0.2) is 48.5 Å². The molecule has 0 aliphatic carbocycles. The van der Waals surface area contributed by atoms with E-state index in [2.05, 4.69) is 5.32 Å². The van der Waals surface area contributed by atoms with Gasteiger partial charge in [0, 0.05) is 6.08 Å². The summed E-state index contributed by atoms with van der Waals surface area (Å²) in [4.78, 5) is 12.0. The van der Waals surface area contributed by atoms with Crippen LogP contribution in [0.1, 0.15) is 5.56 Å². The van der Waals surface area contributed by atoms with Crippen molar-refractivity contribution in [3.05, 3.63) is 54.1 Å². The molecule has 23 heavy (non-hydrogen) atoms. The summed E-state index contributed by atoms with van der Waals surface area (Å²) in [5.74, 6) is 1.62. The average molecular weight is 313 g/mol. The molecule has 0 spiro atoms. The lowest BCUT2D eigenvalue weighted by molar-refractivity contribution is -0.111. The third-order valence-electron chi connectivity index (χ3n) is 3.20. The Balaban J connectivity index is 2.09. The third kappa shape index (κ3) is 4.26. The van der Waals surface area contributed by atoms with Gasteiger partial charge in [-0.3, -0.25) is 4.79 Å². The van der Waals surface area contributed by atoms with Gasteiger partial charge in [-0.1, -0.05) is 18.2 Å². The van der Waals surface area contributed by atoms with Crippen molar-refractivity contribution >= 4 is 17.7 Å². The maximum Gasteiger partial charge on any atom is 0.248 e. The first-order valence-electron chi connectivity index (χ1n) is 7.02. The van der Waals surface area contributed by atoms with Crippen molar-refractivity contribution in [2.45, 2.75) is 0 Å². The highest BCUT2D eigenvalue weighted by molar-refractivity contribution is 6.02. The molecule has 0 heterocycles. The second-order valence-electron chi connectivity index (χ2n) is 4.64. The molecule has 2 rings (SSSR count). The molecular formula is C18H19NO4. The van der Waals surface area contributed by atoms with Gasteiger partial charge in [0.15, 0.2) is 11.5 Å². The first-order chi connectivity index (χ1) is 11.2. The molecule has 1 amide bonds. The van der Waals surface area contributed by atoms with Crippen LogP contribution in [0.25, 0.3) is 6.08 Å². The zero-order valence-electron chi connectivity index (χ0n) is 13.3. The fourth-order valence-corrected chi connectivity index (χ4v) is 2.05. The molecule has 120 valence electrons. The second-order valence-corrected chi connectivity index (χ2v) is 4.64. The number of methoxy groups -OCH3 is 3. The molecule has 0 bridgehead atoms. The van der Waals surface area contributed by atoms with E-state index in [0.29, 0.717) is 22.9 Å². The Bertz CT molecular complexity index is 710. The van der Waals surface area contributed by atoms with Gasteiger partial charge in [-0.15, -0.1) is 0 Å². The van der Waals surface area contributed by atoms with E-state index >= 15 is 0 Å². The quantitative estimate of drug-likeness (QED) is 0.831. The molecule has 0 unspecified atom stereocenters. The van der Waals surface area contributed by atoms with Crippen LogP contribution in [0.2, 0.25) is 0 Å². The van der Waals surface area contributed by atoms with Crippen molar-refractivity contribution in [2.24, 2.45) is 0 Å². The molecular weight excluding hydrogens is 294 g/mol. The molecule has 0 aromatic heterocycles. The van der Waals surface area contributed by atoms with Crippen LogP contribution >= 0.6 is 0 Å². The molecule has 2 aromatic rings. The van der Waals surface area contributed by atoms with Gasteiger partial charge >= 0.3 is 0 Å². The third-order valence-corrected chi connectivity index (χ3v) is 3.20. The van der Waals surface area contributed by atoms with Crippen molar-refractivity contribution in [1.82, 2.24) is 0 Å². The van der Waals surface area contributed by atoms with Crippen molar-refractivity contribution in [3.8, 4) is 17.2 Å². The Morgan fingerprint density at radius 3 is 2.30 bits per heavy atom. The lowest BCUT2D eigenvalue weighted by Crippen LogP contribution is -2.08. The lowest BCUT2D eigenvalue weighted by Gasteiger charge is -2.08.